The molecule has 2 N–H and O–H groups in total. The number of hydrogen-bond acceptors (Lipinski definition) is 4. The third-order valence-corrected chi connectivity index (χ3v) is 3.70. The number of nitrogens with one attached hydrogen (secondary N) is 1. The van der Waals surface area contributed by atoms with E-state index >= 15 is 0 Å². The second-order valence-electron chi connectivity index (χ2n) is 5.56. The number of anilines is 1. The maximum absolute atomic E-state index is 14.9. The minimum absolute atomic E-state index is 0.0150. The van der Waals surface area contributed by atoms with E-state index in [0.29, 0.717) is 22.6 Å². The average Bonchev–Trinajstić information content (AvgIpc) is 2.63. The summed E-state index contributed by atoms with van der Waals surface area (Å²) in [6.07, 6.45) is 3.15. The second kappa shape index (κ2) is 7.19. The molecule has 0 aliphatic carbocycles. The molecule has 0 spiro atoms. The molecule has 0 saturated heterocycles. The molecule has 4 nitrogen and oxygen atoms in total. The summed E-state index contributed by atoms with van der Waals surface area (Å²) in [6.45, 7) is 1.80. The van der Waals surface area contributed by atoms with Gasteiger partial charge in [0, 0.05) is 35.1 Å². The maximum atomic E-state index is 14.9. The van der Waals surface area contributed by atoms with Crippen molar-refractivity contribution < 1.29 is 9.50 Å². The highest BCUT2D eigenvalue weighted by Crippen LogP contribution is 2.30. The third-order valence-electron chi connectivity index (χ3n) is 3.70. The van der Waals surface area contributed by atoms with E-state index in [-0.39, 0.29) is 18.5 Å². The predicted octanol–water partition coefficient (Wildman–Crippen LogP) is 3.74. The van der Waals surface area contributed by atoms with Gasteiger partial charge in [0.2, 0.25) is 5.95 Å². The van der Waals surface area contributed by atoms with Gasteiger partial charge in [-0.15, -0.1) is 0 Å². The smallest absolute Gasteiger partial charge is 0.222 e. The first-order chi connectivity index (χ1) is 11.7. The van der Waals surface area contributed by atoms with Crippen LogP contribution < -0.4 is 5.32 Å². The van der Waals surface area contributed by atoms with Crippen LogP contribution in [-0.4, -0.2) is 27.7 Å². The van der Waals surface area contributed by atoms with Gasteiger partial charge in [-0.1, -0.05) is 48.5 Å². The van der Waals surface area contributed by atoms with Crippen molar-refractivity contribution in [1.82, 2.24) is 9.97 Å². The fourth-order valence-corrected chi connectivity index (χ4v) is 2.40. The van der Waals surface area contributed by atoms with Crippen LogP contribution in [0.15, 0.2) is 60.9 Å². The van der Waals surface area contributed by atoms with Crippen molar-refractivity contribution in [2.24, 2.45) is 0 Å². The first-order valence-corrected chi connectivity index (χ1v) is 7.73. The molecule has 1 atom stereocenters. The van der Waals surface area contributed by atoms with E-state index in [1.807, 2.05) is 43.3 Å². The van der Waals surface area contributed by atoms with Gasteiger partial charge in [-0.2, -0.15) is 0 Å². The highest BCUT2D eigenvalue weighted by Gasteiger charge is 2.12. The first kappa shape index (κ1) is 16.1. The zero-order valence-corrected chi connectivity index (χ0v) is 13.3. The molecule has 0 fully saturated rings. The first-order valence-electron chi connectivity index (χ1n) is 7.73. The average molecular weight is 323 g/mol. The molecule has 0 radical (unpaired) electrons. The number of aromatic nitrogens is 2. The Hall–Kier alpha value is -2.79. The van der Waals surface area contributed by atoms with Crippen molar-refractivity contribution in [1.29, 1.82) is 0 Å². The molecule has 1 heterocycles. The van der Waals surface area contributed by atoms with Crippen molar-refractivity contribution in [3.05, 3.63) is 66.7 Å². The molecule has 3 rings (SSSR count). The van der Waals surface area contributed by atoms with Crippen molar-refractivity contribution in [2.45, 2.75) is 13.0 Å². The van der Waals surface area contributed by atoms with Crippen LogP contribution in [0.1, 0.15) is 6.92 Å². The van der Waals surface area contributed by atoms with Gasteiger partial charge < -0.3 is 10.4 Å². The molecule has 0 aliphatic rings. The summed E-state index contributed by atoms with van der Waals surface area (Å²) < 4.78 is 14.9. The van der Waals surface area contributed by atoms with Crippen LogP contribution in [-0.2, 0) is 0 Å². The summed E-state index contributed by atoms with van der Waals surface area (Å²) in [4.78, 5) is 8.37. The third kappa shape index (κ3) is 3.41. The molecule has 122 valence electrons. The van der Waals surface area contributed by atoms with Gasteiger partial charge in [0.05, 0.1) is 6.61 Å². The molecule has 0 saturated carbocycles. The quantitative estimate of drug-likeness (QED) is 0.751. The highest BCUT2D eigenvalue weighted by atomic mass is 19.1. The zero-order chi connectivity index (χ0) is 16.9. The maximum Gasteiger partial charge on any atom is 0.222 e. The summed E-state index contributed by atoms with van der Waals surface area (Å²) in [7, 11) is 0. The molecule has 0 bridgehead atoms. The van der Waals surface area contributed by atoms with Crippen LogP contribution in [0.5, 0.6) is 0 Å². The Bertz CT molecular complexity index is 807. The minimum Gasteiger partial charge on any atom is -0.394 e. The number of nitrogens with zero attached hydrogens (tertiary/aromatic N) is 2. The fraction of sp³-hybridized carbons (Fsp3) is 0.158. The van der Waals surface area contributed by atoms with Crippen molar-refractivity contribution in [2.75, 3.05) is 11.9 Å². The molecule has 0 unspecified atom stereocenters. The van der Waals surface area contributed by atoms with E-state index in [1.54, 1.807) is 24.5 Å². The van der Waals surface area contributed by atoms with Crippen LogP contribution in [0.4, 0.5) is 10.3 Å². The van der Waals surface area contributed by atoms with Crippen LogP contribution in [0, 0.1) is 5.82 Å². The Balaban J connectivity index is 1.93. The standard InChI is InChI=1S/C19H18FN3O/c1-13(12-24)23-19-21-10-15(11-22-19)17-9-5-8-16(18(17)20)14-6-3-2-4-7-14/h2-11,13,24H,12H2,1H3,(H,21,22,23)/t13-/m0/s1. The Morgan fingerprint density at radius 1 is 0.958 bits per heavy atom. The number of rotatable bonds is 5. The summed E-state index contributed by atoms with van der Waals surface area (Å²) in [5.74, 6) is 0.108. The van der Waals surface area contributed by atoms with E-state index < -0.39 is 0 Å². The Morgan fingerprint density at radius 3 is 2.21 bits per heavy atom. The molecule has 24 heavy (non-hydrogen) atoms. The van der Waals surface area contributed by atoms with Gasteiger partial charge in [-0.25, -0.2) is 14.4 Å². The molecule has 0 aliphatic heterocycles. The normalized spacial score (nSPS) is 12.0. The number of halogens is 1. The Labute approximate surface area is 140 Å². The van der Waals surface area contributed by atoms with Gasteiger partial charge in [0.15, 0.2) is 0 Å². The van der Waals surface area contributed by atoms with Crippen molar-refractivity contribution in [3.8, 4) is 22.3 Å². The summed E-state index contributed by atoms with van der Waals surface area (Å²) in [5, 5.41) is 12.0. The summed E-state index contributed by atoms with van der Waals surface area (Å²) in [5.41, 5.74) is 2.43. The van der Waals surface area contributed by atoms with Crippen LogP contribution >= 0.6 is 0 Å². The predicted molar refractivity (Wildman–Crippen MR) is 93.0 cm³/mol. The lowest BCUT2D eigenvalue weighted by atomic mass is 9.99. The van der Waals surface area contributed by atoms with Crippen LogP contribution in [0.3, 0.4) is 0 Å². The SMILES string of the molecule is C[C@@H](CO)Nc1ncc(-c2cccc(-c3ccccc3)c2F)cn1. The van der Waals surface area contributed by atoms with Crippen LogP contribution in [0.2, 0.25) is 0 Å². The Morgan fingerprint density at radius 2 is 1.58 bits per heavy atom. The van der Waals surface area contributed by atoms with Crippen molar-refractivity contribution >= 4 is 5.95 Å². The zero-order valence-electron chi connectivity index (χ0n) is 13.3. The topological polar surface area (TPSA) is 58.0 Å². The number of aliphatic hydroxyl groups excluding tert-OH is 1. The van der Waals surface area contributed by atoms with Gasteiger partial charge in [0.1, 0.15) is 5.82 Å². The number of aliphatic hydroxyl groups is 1. The molecular formula is C19H18FN3O. The lowest BCUT2D eigenvalue weighted by Gasteiger charge is -2.11. The molecule has 2 aromatic carbocycles. The van der Waals surface area contributed by atoms with Gasteiger partial charge in [-0.05, 0) is 12.5 Å². The lowest BCUT2D eigenvalue weighted by molar-refractivity contribution is 0.281. The summed E-state index contributed by atoms with van der Waals surface area (Å²) in [6, 6.07) is 14.6. The summed E-state index contributed by atoms with van der Waals surface area (Å²) >= 11 is 0. The minimum atomic E-state index is -0.295. The van der Waals surface area contributed by atoms with E-state index in [9.17, 15) is 4.39 Å². The van der Waals surface area contributed by atoms with Crippen LogP contribution in [0.25, 0.3) is 22.3 Å². The Kier molecular flexibility index (Phi) is 4.82. The lowest BCUT2D eigenvalue weighted by Crippen LogP contribution is -2.20. The molecule has 0 amide bonds. The molecule has 1 aromatic heterocycles. The monoisotopic (exact) mass is 323 g/mol. The second-order valence-corrected chi connectivity index (χ2v) is 5.56. The van der Waals surface area contributed by atoms with Gasteiger partial charge in [-0.3, -0.25) is 0 Å². The van der Waals surface area contributed by atoms with E-state index in [4.69, 9.17) is 5.11 Å². The largest absolute Gasteiger partial charge is 0.394 e. The molecule has 5 heteroatoms. The van der Waals surface area contributed by atoms with E-state index in [0.717, 1.165) is 5.56 Å². The molecule has 3 aromatic rings. The fourth-order valence-electron chi connectivity index (χ4n) is 2.40. The highest BCUT2D eigenvalue weighted by molar-refractivity contribution is 5.73. The number of hydrogen-bond donors (Lipinski definition) is 2. The number of benzene rings is 2. The van der Waals surface area contributed by atoms with Crippen molar-refractivity contribution in [3.63, 3.8) is 0 Å². The molecular weight excluding hydrogens is 305 g/mol. The van der Waals surface area contributed by atoms with Gasteiger partial charge in [0.25, 0.3) is 0 Å². The van der Waals surface area contributed by atoms with E-state index in [2.05, 4.69) is 15.3 Å². The van der Waals surface area contributed by atoms with E-state index in [1.165, 1.54) is 0 Å². The van der Waals surface area contributed by atoms with Gasteiger partial charge >= 0.3 is 0 Å².